The van der Waals surface area contributed by atoms with Crippen LogP contribution < -0.4 is 5.32 Å². The van der Waals surface area contributed by atoms with Gasteiger partial charge >= 0.3 is 0 Å². The lowest BCUT2D eigenvalue weighted by Gasteiger charge is -2.22. The number of amides is 3. The van der Waals surface area contributed by atoms with E-state index in [4.69, 9.17) is 27.9 Å². The molecule has 0 fully saturated rings. The maximum absolute atomic E-state index is 13.0. The number of hydrogen-bond acceptors (Lipinski definition) is 6. The third kappa shape index (κ3) is 8.54. The molecule has 0 spiro atoms. The largest absolute Gasteiger partial charge is 0.383 e. The number of rotatable bonds is 13. The van der Waals surface area contributed by atoms with E-state index in [2.05, 4.69) is 10.3 Å². The van der Waals surface area contributed by atoms with Crippen molar-refractivity contribution in [2.45, 2.75) is 33.1 Å². The first kappa shape index (κ1) is 28.0. The number of nitrogens with zero attached hydrogens (tertiary/aromatic N) is 3. The van der Waals surface area contributed by atoms with Crippen molar-refractivity contribution in [3.8, 4) is 0 Å². The number of hydrogen-bond donors (Lipinski definition) is 1. The second-order valence-corrected chi connectivity index (χ2v) is 9.30. The number of carbonyl (C=O) groups excluding carboxylic acids is 3. The monoisotopic (exact) mass is 528 g/mol. The molecule has 0 unspecified atom stereocenters. The van der Waals surface area contributed by atoms with Crippen LogP contribution in [-0.2, 0) is 20.7 Å². The van der Waals surface area contributed by atoms with Gasteiger partial charge in [0, 0.05) is 37.1 Å². The third-order valence-electron chi connectivity index (χ3n) is 4.82. The van der Waals surface area contributed by atoms with Crippen LogP contribution in [0.2, 0.25) is 10.0 Å². The molecule has 0 saturated heterocycles. The van der Waals surface area contributed by atoms with Crippen LogP contribution in [0.15, 0.2) is 23.6 Å². The van der Waals surface area contributed by atoms with Crippen molar-refractivity contribution in [1.82, 2.24) is 14.8 Å². The molecule has 0 aliphatic rings. The first-order chi connectivity index (χ1) is 16.3. The fraction of sp³-hybridized carbons (Fsp3) is 0.478. The van der Waals surface area contributed by atoms with E-state index in [1.54, 1.807) is 11.4 Å². The minimum atomic E-state index is -0.416. The summed E-state index contributed by atoms with van der Waals surface area (Å²) in [5, 5.41) is 5.45. The molecule has 0 bridgehead atoms. The maximum Gasteiger partial charge on any atom is 0.255 e. The van der Waals surface area contributed by atoms with Crippen LogP contribution in [0.4, 0.5) is 5.13 Å². The zero-order chi connectivity index (χ0) is 25.1. The van der Waals surface area contributed by atoms with Gasteiger partial charge in [-0.2, -0.15) is 0 Å². The second-order valence-electron chi connectivity index (χ2n) is 7.59. The Kier molecular flexibility index (Phi) is 11.8. The molecular weight excluding hydrogens is 499 g/mol. The van der Waals surface area contributed by atoms with E-state index in [0.717, 1.165) is 12.8 Å². The van der Waals surface area contributed by atoms with E-state index in [9.17, 15) is 14.4 Å². The number of methoxy groups -OCH3 is 1. The molecule has 2 aromatic rings. The zero-order valence-electron chi connectivity index (χ0n) is 19.6. The summed E-state index contributed by atoms with van der Waals surface area (Å²) in [5.74, 6) is -0.811. The molecule has 0 aliphatic carbocycles. The van der Waals surface area contributed by atoms with Gasteiger partial charge in [0.05, 0.1) is 29.3 Å². The number of halogens is 2. The molecular formula is C23H30Cl2N4O4S. The molecule has 1 aromatic heterocycles. The van der Waals surface area contributed by atoms with Crippen molar-refractivity contribution in [2.24, 2.45) is 0 Å². The van der Waals surface area contributed by atoms with Crippen LogP contribution in [0.5, 0.6) is 0 Å². The number of ether oxygens (including phenoxy) is 1. The summed E-state index contributed by atoms with van der Waals surface area (Å²) < 4.78 is 5.08. The zero-order valence-corrected chi connectivity index (χ0v) is 21.9. The Morgan fingerprint density at radius 3 is 2.41 bits per heavy atom. The van der Waals surface area contributed by atoms with Crippen LogP contribution in [0.1, 0.15) is 42.7 Å². The predicted octanol–water partition coefficient (Wildman–Crippen LogP) is 4.37. The van der Waals surface area contributed by atoms with Gasteiger partial charge < -0.3 is 19.9 Å². The molecule has 11 heteroatoms. The van der Waals surface area contributed by atoms with Gasteiger partial charge in [-0.15, -0.1) is 11.3 Å². The maximum atomic E-state index is 13.0. The summed E-state index contributed by atoms with van der Waals surface area (Å²) >= 11 is 13.3. The molecule has 186 valence electrons. The Bertz CT molecular complexity index is 980. The Balaban J connectivity index is 2.02. The lowest BCUT2D eigenvalue weighted by atomic mass is 10.2. The Morgan fingerprint density at radius 1 is 1.09 bits per heavy atom. The minimum absolute atomic E-state index is 0.0167. The average Bonchev–Trinajstić information content (AvgIpc) is 3.22. The van der Waals surface area contributed by atoms with Crippen molar-refractivity contribution in [1.29, 1.82) is 0 Å². The van der Waals surface area contributed by atoms with Crippen LogP contribution in [-0.4, -0.2) is 72.4 Å². The molecule has 0 aliphatic heterocycles. The highest BCUT2D eigenvalue weighted by atomic mass is 35.5. The van der Waals surface area contributed by atoms with Gasteiger partial charge in [-0.05, 0) is 31.0 Å². The van der Waals surface area contributed by atoms with E-state index < -0.39 is 11.8 Å². The van der Waals surface area contributed by atoms with Gasteiger partial charge in [0.15, 0.2) is 5.13 Å². The van der Waals surface area contributed by atoms with Gasteiger partial charge in [0.2, 0.25) is 11.8 Å². The quantitative estimate of drug-likeness (QED) is 0.416. The van der Waals surface area contributed by atoms with Crippen molar-refractivity contribution < 1.29 is 19.1 Å². The second kappa shape index (κ2) is 14.3. The van der Waals surface area contributed by atoms with Crippen LogP contribution in [0.3, 0.4) is 0 Å². The highest BCUT2D eigenvalue weighted by Crippen LogP contribution is 2.22. The lowest BCUT2D eigenvalue weighted by molar-refractivity contribution is -0.130. The van der Waals surface area contributed by atoms with Gasteiger partial charge in [0.1, 0.15) is 6.54 Å². The van der Waals surface area contributed by atoms with Crippen molar-refractivity contribution in [3.63, 3.8) is 0 Å². The summed E-state index contributed by atoms with van der Waals surface area (Å²) in [6.07, 6.45) is 1.97. The summed E-state index contributed by atoms with van der Waals surface area (Å²) in [5.41, 5.74) is 0.844. The molecule has 0 atom stereocenters. The molecule has 2 rings (SSSR count). The van der Waals surface area contributed by atoms with Gasteiger partial charge in [0.25, 0.3) is 5.91 Å². The number of carbonyl (C=O) groups is 3. The van der Waals surface area contributed by atoms with E-state index in [1.807, 2.05) is 18.7 Å². The van der Waals surface area contributed by atoms with Gasteiger partial charge in [-0.1, -0.05) is 37.0 Å². The Hall–Kier alpha value is -2.20. The highest BCUT2D eigenvalue weighted by molar-refractivity contribution is 7.13. The minimum Gasteiger partial charge on any atom is -0.383 e. The van der Waals surface area contributed by atoms with Crippen molar-refractivity contribution >= 4 is 57.4 Å². The highest BCUT2D eigenvalue weighted by Gasteiger charge is 2.22. The smallest absolute Gasteiger partial charge is 0.255 e. The molecule has 8 nitrogen and oxygen atoms in total. The normalized spacial score (nSPS) is 10.7. The summed E-state index contributed by atoms with van der Waals surface area (Å²) in [4.78, 5) is 45.7. The number of aromatic nitrogens is 1. The van der Waals surface area contributed by atoms with Crippen molar-refractivity contribution in [2.75, 3.05) is 45.2 Å². The van der Waals surface area contributed by atoms with Gasteiger partial charge in [-0.3, -0.25) is 14.4 Å². The predicted molar refractivity (Wildman–Crippen MR) is 136 cm³/mol. The van der Waals surface area contributed by atoms with E-state index in [-0.39, 0.29) is 42.6 Å². The summed E-state index contributed by atoms with van der Waals surface area (Å²) in [6, 6.07) is 4.57. The van der Waals surface area contributed by atoms with E-state index in [1.165, 1.54) is 35.5 Å². The van der Waals surface area contributed by atoms with Crippen LogP contribution >= 0.6 is 34.5 Å². The topological polar surface area (TPSA) is 91.8 Å². The fourth-order valence-electron chi connectivity index (χ4n) is 3.23. The average molecular weight is 529 g/mol. The van der Waals surface area contributed by atoms with E-state index >= 15 is 0 Å². The van der Waals surface area contributed by atoms with Gasteiger partial charge in [-0.25, -0.2) is 4.98 Å². The van der Waals surface area contributed by atoms with E-state index in [0.29, 0.717) is 28.9 Å². The number of nitrogens with one attached hydrogen (secondary N) is 1. The summed E-state index contributed by atoms with van der Waals surface area (Å²) in [7, 11) is 1.51. The Labute approximate surface area is 214 Å². The number of thiazole rings is 1. The molecule has 1 N–H and O–H groups in total. The molecule has 0 radical (unpaired) electrons. The summed E-state index contributed by atoms with van der Waals surface area (Å²) in [6.45, 7) is 5.73. The molecule has 34 heavy (non-hydrogen) atoms. The molecule has 0 saturated carbocycles. The van der Waals surface area contributed by atoms with Crippen LogP contribution in [0, 0.1) is 0 Å². The van der Waals surface area contributed by atoms with Crippen molar-refractivity contribution in [3.05, 3.63) is 44.9 Å². The lowest BCUT2D eigenvalue weighted by Crippen LogP contribution is -2.40. The number of benzene rings is 1. The van der Waals surface area contributed by atoms with Crippen LogP contribution in [0.25, 0.3) is 0 Å². The molecule has 1 heterocycles. The molecule has 1 aromatic carbocycles. The standard InChI is InChI=1S/C23H30Cl2N4O4S/c1-4-8-28(9-5-2)21(31)13-17-15-34-23(26-17)27-20(30)14-29(10-11-33-3)22(32)18-7-6-16(24)12-19(18)25/h6-7,12,15H,4-5,8-11,13-14H2,1-3H3,(H,26,27,30). The first-order valence-electron chi connectivity index (χ1n) is 11.0. The SMILES string of the molecule is CCCN(CCC)C(=O)Cc1csc(NC(=O)CN(CCOC)C(=O)c2ccc(Cl)cc2Cl)n1. The number of anilines is 1. The molecule has 3 amide bonds. The third-order valence-corrected chi connectivity index (χ3v) is 6.17. The fourth-order valence-corrected chi connectivity index (χ4v) is 4.45. The Morgan fingerprint density at radius 2 is 1.79 bits per heavy atom. The first-order valence-corrected chi connectivity index (χ1v) is 12.7.